The quantitative estimate of drug-likeness (QED) is 0.306. The average molecular weight is 481 g/mol. The molecule has 1 saturated carbocycles. The van der Waals surface area contributed by atoms with Gasteiger partial charge in [-0.2, -0.15) is 0 Å². The van der Waals surface area contributed by atoms with Crippen LogP contribution in [0.5, 0.6) is 0 Å². The first-order valence-corrected chi connectivity index (χ1v) is 27.1. The van der Waals surface area contributed by atoms with Crippen LogP contribution < -0.4 is 0 Å². The highest BCUT2D eigenvalue weighted by molar-refractivity contribution is 7.35. The molecule has 9 heteroatoms. The van der Waals surface area contributed by atoms with Gasteiger partial charge in [0.2, 0.25) is 7.83 Å². The molecule has 0 radical (unpaired) electrons. The SMILES string of the molecule is C[Si](C)(C)O[Si](C)(C)O[Si](C)(O[Si](C)(C)C)[Si](C)(C)OCCC1CCCCC1. The smallest absolute Gasteiger partial charge is 0.327 e. The largest absolute Gasteiger partial charge is 0.437 e. The predicted molar refractivity (Wildman–Crippen MR) is 134 cm³/mol. The summed E-state index contributed by atoms with van der Waals surface area (Å²) in [7, 11) is -10.3. The van der Waals surface area contributed by atoms with Crippen molar-refractivity contribution < 1.29 is 16.8 Å². The first kappa shape index (κ1) is 27.0. The normalized spacial score (nSPS) is 20.2. The molecule has 0 heterocycles. The first-order chi connectivity index (χ1) is 12.4. The Balaban J connectivity index is 2.89. The Hall–Kier alpha value is 0.924. The second-order valence-electron chi connectivity index (χ2n) is 11.5. The number of rotatable bonds is 11. The van der Waals surface area contributed by atoms with Crippen LogP contribution in [0.1, 0.15) is 38.5 Å². The van der Waals surface area contributed by atoms with Crippen LogP contribution in [0, 0.1) is 5.92 Å². The summed E-state index contributed by atoms with van der Waals surface area (Å²) in [6.45, 7) is 25.7. The van der Waals surface area contributed by atoms with E-state index in [1.165, 1.54) is 38.5 Å². The summed E-state index contributed by atoms with van der Waals surface area (Å²) < 4.78 is 27.0. The minimum atomic E-state index is -2.50. The fourth-order valence-electron chi connectivity index (χ4n) is 4.17. The van der Waals surface area contributed by atoms with Gasteiger partial charge in [0.15, 0.2) is 16.6 Å². The van der Waals surface area contributed by atoms with Crippen LogP contribution in [0.3, 0.4) is 0 Å². The lowest BCUT2D eigenvalue weighted by Crippen LogP contribution is -2.70. The van der Waals surface area contributed by atoms with Gasteiger partial charge in [0.05, 0.1) is 0 Å². The van der Waals surface area contributed by atoms with Crippen LogP contribution in [-0.2, 0) is 16.8 Å². The van der Waals surface area contributed by atoms with Crippen molar-refractivity contribution in [1.82, 2.24) is 0 Å². The molecule has 168 valence electrons. The molecule has 1 aliphatic rings. The van der Waals surface area contributed by atoms with Crippen molar-refractivity contribution in [2.75, 3.05) is 6.61 Å². The molecule has 0 aliphatic heterocycles. The first-order valence-electron chi connectivity index (χ1n) is 11.2. The molecule has 1 atom stereocenters. The van der Waals surface area contributed by atoms with Crippen LogP contribution in [0.4, 0.5) is 0 Å². The second kappa shape index (κ2) is 10.0. The zero-order chi connectivity index (χ0) is 21.9. The zero-order valence-corrected chi connectivity index (χ0v) is 25.7. The summed E-state index contributed by atoms with van der Waals surface area (Å²) >= 11 is 0. The van der Waals surface area contributed by atoms with Gasteiger partial charge < -0.3 is 16.8 Å². The highest BCUT2D eigenvalue weighted by Crippen LogP contribution is 2.32. The van der Waals surface area contributed by atoms with E-state index in [4.69, 9.17) is 16.8 Å². The minimum Gasteiger partial charge on any atom is -0.437 e. The third kappa shape index (κ3) is 9.82. The molecule has 0 amide bonds. The molecule has 28 heavy (non-hydrogen) atoms. The fraction of sp³-hybridized carbons (Fsp3) is 1.00. The van der Waals surface area contributed by atoms with Gasteiger partial charge >= 0.3 is 16.6 Å². The molecule has 1 rings (SSSR count). The Morgan fingerprint density at radius 3 is 1.61 bits per heavy atom. The summed E-state index contributed by atoms with van der Waals surface area (Å²) in [6, 6.07) is 0. The monoisotopic (exact) mass is 480 g/mol. The molecule has 1 fully saturated rings. The van der Waals surface area contributed by atoms with Crippen molar-refractivity contribution >= 4 is 41.1 Å². The van der Waals surface area contributed by atoms with E-state index in [0.717, 1.165) is 12.5 Å². The summed E-state index contributed by atoms with van der Waals surface area (Å²) in [5, 5.41) is 0. The Labute approximate surface area is 180 Å². The van der Waals surface area contributed by atoms with Gasteiger partial charge in [-0.05, 0) is 84.4 Å². The fourth-order valence-corrected chi connectivity index (χ4v) is 32.9. The maximum Gasteiger partial charge on any atom is 0.327 e. The van der Waals surface area contributed by atoms with Crippen LogP contribution in [0.25, 0.3) is 0 Å². The molecule has 0 saturated heterocycles. The van der Waals surface area contributed by atoms with Crippen molar-refractivity contribution in [3.05, 3.63) is 0 Å². The lowest BCUT2D eigenvalue weighted by Gasteiger charge is -2.47. The van der Waals surface area contributed by atoms with Gasteiger partial charge in [-0.15, -0.1) is 0 Å². The second-order valence-corrected chi connectivity index (χ2v) is 36.8. The maximum absolute atomic E-state index is 6.92. The third-order valence-electron chi connectivity index (χ3n) is 5.30. The Kier molecular flexibility index (Phi) is 9.66. The van der Waals surface area contributed by atoms with Gasteiger partial charge in [0.1, 0.15) is 0 Å². The summed E-state index contributed by atoms with van der Waals surface area (Å²) in [6.07, 6.45) is 8.16. The van der Waals surface area contributed by atoms with Crippen molar-refractivity contribution in [2.45, 2.75) is 111 Å². The van der Waals surface area contributed by atoms with Gasteiger partial charge in [-0.1, -0.05) is 32.1 Å². The topological polar surface area (TPSA) is 36.9 Å². The van der Waals surface area contributed by atoms with E-state index in [1.807, 2.05) is 0 Å². The average Bonchev–Trinajstić information content (AvgIpc) is 2.42. The van der Waals surface area contributed by atoms with E-state index in [2.05, 4.69) is 72.0 Å². The molecule has 1 unspecified atom stereocenters. The third-order valence-corrected chi connectivity index (χ3v) is 29.2. The van der Waals surface area contributed by atoms with Crippen molar-refractivity contribution in [3.63, 3.8) is 0 Å². The molecule has 0 bridgehead atoms. The zero-order valence-electron chi connectivity index (χ0n) is 20.7. The molecule has 0 N–H and O–H groups in total. The van der Waals surface area contributed by atoms with E-state index >= 15 is 0 Å². The Morgan fingerprint density at radius 1 is 0.643 bits per heavy atom. The maximum atomic E-state index is 6.92. The van der Waals surface area contributed by atoms with Gasteiger partial charge in [-0.3, -0.25) is 0 Å². The van der Waals surface area contributed by atoms with Crippen molar-refractivity contribution in [3.8, 4) is 0 Å². The number of hydrogen-bond donors (Lipinski definition) is 0. The molecule has 4 nitrogen and oxygen atoms in total. The van der Waals surface area contributed by atoms with E-state index < -0.39 is 41.1 Å². The lowest BCUT2D eigenvalue weighted by atomic mass is 9.87. The van der Waals surface area contributed by atoms with Gasteiger partial charge in [-0.25, -0.2) is 0 Å². The summed E-state index contributed by atoms with van der Waals surface area (Å²) in [5.41, 5.74) is 0. The lowest BCUT2D eigenvalue weighted by molar-refractivity contribution is 0.236. The predicted octanol–water partition coefficient (Wildman–Crippen LogP) is 6.75. The van der Waals surface area contributed by atoms with E-state index in [-0.39, 0.29) is 0 Å². The Morgan fingerprint density at radius 2 is 1.14 bits per heavy atom. The molecular formula is C19H48O4Si5. The highest BCUT2D eigenvalue weighted by Gasteiger charge is 2.57. The minimum absolute atomic E-state index is 0.853. The van der Waals surface area contributed by atoms with Crippen LogP contribution in [-0.4, -0.2) is 47.7 Å². The Bertz CT molecular complexity index is 482. The summed E-state index contributed by atoms with van der Waals surface area (Å²) in [4.78, 5) is 0. The van der Waals surface area contributed by atoms with Gasteiger partial charge in [0, 0.05) is 6.61 Å². The molecule has 0 spiro atoms. The highest BCUT2D eigenvalue weighted by atomic mass is 29.3. The van der Waals surface area contributed by atoms with Crippen LogP contribution >= 0.6 is 0 Å². The standard InChI is InChI=1S/C19H48O4Si5/c1-24(2,3)21-26(7,8)23-28(11,22-25(4,5)6)27(9,10)20-18-17-19-15-13-12-14-16-19/h19H,12-18H2,1-11H3. The van der Waals surface area contributed by atoms with Crippen molar-refractivity contribution in [1.29, 1.82) is 0 Å². The van der Waals surface area contributed by atoms with Gasteiger partial charge in [0.25, 0.3) is 0 Å². The molecular weight excluding hydrogens is 433 g/mol. The van der Waals surface area contributed by atoms with Crippen LogP contribution in [0.15, 0.2) is 0 Å². The van der Waals surface area contributed by atoms with Crippen LogP contribution in [0.2, 0.25) is 72.0 Å². The van der Waals surface area contributed by atoms with E-state index in [1.54, 1.807) is 0 Å². The van der Waals surface area contributed by atoms with E-state index in [9.17, 15) is 0 Å². The van der Waals surface area contributed by atoms with E-state index in [0.29, 0.717) is 0 Å². The summed E-state index contributed by atoms with van der Waals surface area (Å²) in [5.74, 6) is 0.853. The molecule has 0 aromatic heterocycles. The molecule has 0 aromatic carbocycles. The molecule has 0 aromatic rings. The number of hydrogen-bond acceptors (Lipinski definition) is 4. The molecule has 1 aliphatic carbocycles. The van der Waals surface area contributed by atoms with Crippen molar-refractivity contribution in [2.24, 2.45) is 5.92 Å².